The average molecular weight is 659 g/mol. The van der Waals surface area contributed by atoms with E-state index in [1.54, 1.807) is 0 Å². The second kappa shape index (κ2) is 9.51. The van der Waals surface area contributed by atoms with Gasteiger partial charge in [0.05, 0.1) is 11.0 Å². The second-order valence-electron chi connectivity index (χ2n) is 14.4. The molecule has 0 saturated heterocycles. The van der Waals surface area contributed by atoms with Crippen LogP contribution in [0.25, 0.3) is 105 Å². The monoisotopic (exact) mass is 658 g/mol. The normalized spacial score (nSPS) is 13.0. The quantitative estimate of drug-likeness (QED) is 0.170. The van der Waals surface area contributed by atoms with Gasteiger partial charge < -0.3 is 13.5 Å². The van der Waals surface area contributed by atoms with Crippen molar-refractivity contribution in [1.29, 1.82) is 0 Å². The number of benzene rings is 8. The summed E-state index contributed by atoms with van der Waals surface area (Å²) in [6, 6.07) is 60.3. The number of rotatable bonds is 2. The molecule has 0 radical (unpaired) electrons. The van der Waals surface area contributed by atoms with Gasteiger partial charge in [-0.2, -0.15) is 0 Å². The number of para-hydroxylation sites is 3. The molecule has 11 aromatic rings. The molecule has 0 bridgehead atoms. The molecular formula is C48H27BN2O. The lowest BCUT2D eigenvalue weighted by atomic mass is 9.45. The third-order valence-corrected chi connectivity index (χ3v) is 11.9. The first-order valence-electron chi connectivity index (χ1n) is 18.1. The van der Waals surface area contributed by atoms with Gasteiger partial charge in [0.15, 0.2) is 0 Å². The minimum atomic E-state index is -0.0445. The van der Waals surface area contributed by atoms with Crippen LogP contribution in [-0.4, -0.2) is 15.9 Å². The lowest BCUT2D eigenvalue weighted by Crippen LogP contribution is -2.55. The molecule has 238 valence electrons. The van der Waals surface area contributed by atoms with E-state index in [0.29, 0.717) is 0 Å². The highest BCUT2D eigenvalue weighted by Gasteiger charge is 2.43. The maximum absolute atomic E-state index is 6.77. The van der Waals surface area contributed by atoms with Crippen molar-refractivity contribution in [3.05, 3.63) is 164 Å². The van der Waals surface area contributed by atoms with Gasteiger partial charge in [0, 0.05) is 60.7 Å². The highest BCUT2D eigenvalue weighted by atomic mass is 16.3. The van der Waals surface area contributed by atoms with Crippen molar-refractivity contribution in [2.45, 2.75) is 0 Å². The smallest absolute Gasteiger partial charge is 0.333 e. The van der Waals surface area contributed by atoms with Gasteiger partial charge in [0.25, 0.3) is 0 Å². The van der Waals surface area contributed by atoms with Gasteiger partial charge in [-0.3, -0.25) is 0 Å². The number of aromatic nitrogens is 2. The molecule has 3 nitrogen and oxygen atoms in total. The molecule has 8 aromatic carbocycles. The third-order valence-electron chi connectivity index (χ3n) is 11.9. The molecule has 0 spiro atoms. The highest BCUT2D eigenvalue weighted by Crippen LogP contribution is 2.48. The van der Waals surface area contributed by atoms with Crippen LogP contribution in [0.3, 0.4) is 0 Å². The molecule has 52 heavy (non-hydrogen) atoms. The first-order valence-corrected chi connectivity index (χ1v) is 18.1. The van der Waals surface area contributed by atoms with Crippen LogP contribution in [0.4, 0.5) is 0 Å². The molecule has 2 aliphatic rings. The summed E-state index contributed by atoms with van der Waals surface area (Å²) in [5.74, 6) is 0. The summed E-state index contributed by atoms with van der Waals surface area (Å²) in [6.07, 6.45) is 0. The average Bonchev–Trinajstić information content (AvgIpc) is 3.86. The van der Waals surface area contributed by atoms with Crippen molar-refractivity contribution in [2.75, 3.05) is 0 Å². The zero-order chi connectivity index (χ0) is 33.7. The number of hydrogen-bond acceptors (Lipinski definition) is 1. The molecular weight excluding hydrogens is 631 g/mol. The molecule has 0 N–H and O–H groups in total. The van der Waals surface area contributed by atoms with Gasteiger partial charge in [0.2, 0.25) is 0 Å². The fourth-order valence-corrected chi connectivity index (χ4v) is 9.82. The molecule has 0 aliphatic carbocycles. The summed E-state index contributed by atoms with van der Waals surface area (Å²) in [7, 11) is 0. The molecule has 13 rings (SSSR count). The van der Waals surface area contributed by atoms with Crippen LogP contribution in [0.5, 0.6) is 0 Å². The number of fused-ring (bicyclic) bond motifs is 14. The third kappa shape index (κ3) is 3.24. The predicted molar refractivity (Wildman–Crippen MR) is 218 cm³/mol. The van der Waals surface area contributed by atoms with Crippen molar-refractivity contribution >= 4 is 83.3 Å². The minimum Gasteiger partial charge on any atom is -0.456 e. The first kappa shape index (κ1) is 27.0. The van der Waals surface area contributed by atoms with Gasteiger partial charge in [-0.25, -0.2) is 0 Å². The Bertz CT molecular complexity index is 3350. The molecule has 4 heteroatoms. The van der Waals surface area contributed by atoms with Crippen molar-refractivity contribution in [1.82, 2.24) is 9.05 Å². The van der Waals surface area contributed by atoms with E-state index in [4.69, 9.17) is 4.42 Å². The Morgan fingerprint density at radius 2 is 1.15 bits per heavy atom. The minimum absolute atomic E-state index is 0.0445. The standard InChI is InChI=1S/C48H27BN2O/c1-3-12-28(13-4-1)30-22-23-39-36(24-30)37-25-31(29-14-5-2-6-15-29)26-38-48(37)50(39)41-27-43-44(34-17-8-10-21-42(34)52-43)45-35-19-11-18-33-32-16-7-9-20-40(32)51(47(33)35)49(38)46(41)45/h1-27H. The maximum atomic E-state index is 6.77. The van der Waals surface area contributed by atoms with Crippen LogP contribution in [0, 0.1) is 0 Å². The Kier molecular flexibility index (Phi) is 4.94. The van der Waals surface area contributed by atoms with Crippen LogP contribution >= 0.6 is 0 Å². The molecule has 0 unspecified atom stereocenters. The van der Waals surface area contributed by atoms with Crippen molar-refractivity contribution in [3.8, 4) is 39.1 Å². The van der Waals surface area contributed by atoms with Crippen molar-refractivity contribution in [3.63, 3.8) is 0 Å². The molecule has 0 saturated carbocycles. The molecule has 0 fully saturated rings. The maximum Gasteiger partial charge on any atom is 0.333 e. The Morgan fingerprint density at radius 3 is 2.00 bits per heavy atom. The molecule has 0 atom stereocenters. The Balaban J connectivity index is 1.29. The van der Waals surface area contributed by atoms with Crippen molar-refractivity contribution < 1.29 is 4.42 Å². The van der Waals surface area contributed by atoms with Gasteiger partial charge in [-0.05, 0) is 69.1 Å². The van der Waals surface area contributed by atoms with Gasteiger partial charge >= 0.3 is 6.85 Å². The Labute approximate surface area is 298 Å². The van der Waals surface area contributed by atoms with Crippen molar-refractivity contribution in [2.24, 2.45) is 0 Å². The van der Waals surface area contributed by atoms with E-state index in [0.717, 1.165) is 16.6 Å². The van der Waals surface area contributed by atoms with Crippen LogP contribution in [0.2, 0.25) is 0 Å². The summed E-state index contributed by atoms with van der Waals surface area (Å²) in [5, 5.41) is 7.47. The Morgan fingerprint density at radius 1 is 0.442 bits per heavy atom. The fourth-order valence-electron chi connectivity index (χ4n) is 9.82. The zero-order valence-corrected chi connectivity index (χ0v) is 28.0. The summed E-state index contributed by atoms with van der Waals surface area (Å²) in [5.41, 5.74) is 18.2. The molecule has 3 aromatic heterocycles. The van der Waals surface area contributed by atoms with E-state index in [1.165, 1.54) is 99.0 Å². The topological polar surface area (TPSA) is 23.0 Å². The SMILES string of the molecule is c1ccc(-c2ccc3c(c2)c2cc(-c4ccccc4)cc4c2n3-c2cc3oc5ccccc5c3c3c2B4n2c4ccccc4c4cccc-3c42)cc1. The number of furan rings is 1. The summed E-state index contributed by atoms with van der Waals surface area (Å²) in [4.78, 5) is 0. The summed E-state index contributed by atoms with van der Waals surface area (Å²) >= 11 is 0. The van der Waals surface area contributed by atoms with Crippen LogP contribution in [-0.2, 0) is 0 Å². The fraction of sp³-hybridized carbons (Fsp3) is 0. The molecule has 0 amide bonds. The summed E-state index contributed by atoms with van der Waals surface area (Å²) in [6.45, 7) is -0.0445. The van der Waals surface area contributed by atoms with Gasteiger partial charge in [-0.1, -0.05) is 127 Å². The predicted octanol–water partition coefficient (Wildman–Crippen LogP) is 11.1. The highest BCUT2D eigenvalue weighted by molar-refractivity contribution is 6.90. The molecule has 2 aliphatic heterocycles. The van der Waals surface area contributed by atoms with E-state index >= 15 is 0 Å². The number of nitrogens with zero attached hydrogens (tertiary/aromatic N) is 2. The van der Waals surface area contributed by atoms with E-state index in [9.17, 15) is 0 Å². The Hall–Kier alpha value is -6.78. The summed E-state index contributed by atoms with van der Waals surface area (Å²) < 4.78 is 12.0. The zero-order valence-electron chi connectivity index (χ0n) is 28.0. The van der Waals surface area contributed by atoms with E-state index in [1.807, 2.05) is 0 Å². The van der Waals surface area contributed by atoms with Crippen LogP contribution < -0.4 is 10.9 Å². The van der Waals surface area contributed by atoms with Crippen LogP contribution in [0.1, 0.15) is 0 Å². The largest absolute Gasteiger partial charge is 0.456 e. The van der Waals surface area contributed by atoms with E-state index in [2.05, 4.69) is 173 Å². The van der Waals surface area contributed by atoms with E-state index in [-0.39, 0.29) is 6.85 Å². The van der Waals surface area contributed by atoms with Gasteiger partial charge in [0.1, 0.15) is 11.2 Å². The number of hydrogen-bond donors (Lipinski definition) is 0. The lowest BCUT2D eigenvalue weighted by Gasteiger charge is -2.34. The van der Waals surface area contributed by atoms with Gasteiger partial charge in [-0.15, -0.1) is 0 Å². The lowest BCUT2D eigenvalue weighted by molar-refractivity contribution is 0.669. The first-order chi connectivity index (χ1) is 25.8. The van der Waals surface area contributed by atoms with Crippen LogP contribution in [0.15, 0.2) is 168 Å². The molecule has 5 heterocycles. The van der Waals surface area contributed by atoms with E-state index < -0.39 is 0 Å². The second-order valence-corrected chi connectivity index (χ2v) is 14.4.